The van der Waals surface area contributed by atoms with Gasteiger partial charge in [-0.2, -0.15) is 0 Å². The SMILES string of the molecule is C#CCN[C@]1(n2ccc(=O)[nH]c2=O)C[C@H](O)[C@@H](CO)O1. The molecule has 1 aromatic heterocycles. The number of hydrogen-bond acceptors (Lipinski definition) is 6. The summed E-state index contributed by atoms with van der Waals surface area (Å²) in [4.78, 5) is 25.1. The molecule has 2 heterocycles. The van der Waals surface area contributed by atoms with Crippen LogP contribution in [0.3, 0.4) is 0 Å². The van der Waals surface area contributed by atoms with Gasteiger partial charge in [0, 0.05) is 18.7 Å². The summed E-state index contributed by atoms with van der Waals surface area (Å²) >= 11 is 0. The van der Waals surface area contributed by atoms with E-state index in [2.05, 4.69) is 16.2 Å². The number of nitrogens with one attached hydrogen (secondary N) is 2. The van der Waals surface area contributed by atoms with Crippen molar-refractivity contribution in [2.75, 3.05) is 13.2 Å². The first-order chi connectivity index (χ1) is 9.52. The number of aromatic amines is 1. The fourth-order valence-electron chi connectivity index (χ4n) is 2.20. The smallest absolute Gasteiger partial charge is 0.331 e. The maximum atomic E-state index is 11.9. The lowest BCUT2D eigenvalue weighted by Gasteiger charge is -2.31. The Balaban J connectivity index is 2.46. The molecule has 2 rings (SSSR count). The third-order valence-electron chi connectivity index (χ3n) is 3.12. The van der Waals surface area contributed by atoms with E-state index >= 15 is 0 Å². The molecule has 1 aromatic rings. The van der Waals surface area contributed by atoms with Gasteiger partial charge in [0.1, 0.15) is 6.10 Å². The van der Waals surface area contributed by atoms with Gasteiger partial charge >= 0.3 is 5.69 Å². The Hall–Kier alpha value is -1.92. The second kappa shape index (κ2) is 5.60. The molecule has 1 aliphatic rings. The van der Waals surface area contributed by atoms with Crippen LogP contribution < -0.4 is 16.6 Å². The minimum absolute atomic E-state index is 0.00581. The molecule has 8 heteroatoms. The van der Waals surface area contributed by atoms with Crippen molar-refractivity contribution in [1.29, 1.82) is 0 Å². The summed E-state index contributed by atoms with van der Waals surface area (Å²) in [5.41, 5.74) is -1.25. The van der Waals surface area contributed by atoms with Gasteiger partial charge in [0.05, 0.1) is 19.3 Å². The Morgan fingerprint density at radius 1 is 1.65 bits per heavy atom. The highest BCUT2D eigenvalue weighted by atomic mass is 16.6. The largest absolute Gasteiger partial charge is 0.394 e. The molecule has 8 nitrogen and oxygen atoms in total. The monoisotopic (exact) mass is 281 g/mol. The van der Waals surface area contributed by atoms with E-state index in [-0.39, 0.29) is 13.0 Å². The summed E-state index contributed by atoms with van der Waals surface area (Å²) in [6, 6.07) is 1.16. The lowest BCUT2D eigenvalue weighted by atomic mass is 10.1. The Bertz CT molecular complexity index is 631. The van der Waals surface area contributed by atoms with Gasteiger partial charge in [0.25, 0.3) is 5.56 Å². The van der Waals surface area contributed by atoms with Crippen molar-refractivity contribution in [2.24, 2.45) is 0 Å². The standard InChI is InChI=1S/C12H15N3O5/c1-2-4-13-12(6-8(17)9(7-16)20-12)15-5-3-10(18)14-11(15)19/h1,3,5,8-9,13,16-17H,4,6-7H2,(H,14,18,19)/t8-,9+,12-/m0/s1. The van der Waals surface area contributed by atoms with Gasteiger partial charge < -0.3 is 14.9 Å². The molecule has 0 bridgehead atoms. The maximum absolute atomic E-state index is 11.9. The molecule has 0 aliphatic carbocycles. The molecule has 0 radical (unpaired) electrons. The molecular formula is C12H15N3O5. The molecule has 108 valence electrons. The summed E-state index contributed by atoms with van der Waals surface area (Å²) in [5.74, 6) is 0.943. The van der Waals surface area contributed by atoms with Gasteiger partial charge in [-0.1, -0.05) is 5.92 Å². The lowest BCUT2D eigenvalue weighted by Crippen LogP contribution is -2.53. The zero-order valence-corrected chi connectivity index (χ0v) is 10.6. The minimum atomic E-state index is -1.40. The first kappa shape index (κ1) is 14.5. The molecular weight excluding hydrogens is 266 g/mol. The predicted octanol–water partition coefficient (Wildman–Crippen LogP) is -2.49. The summed E-state index contributed by atoms with van der Waals surface area (Å²) in [6.07, 6.45) is 4.62. The highest BCUT2D eigenvalue weighted by molar-refractivity contribution is 4.97. The predicted molar refractivity (Wildman–Crippen MR) is 68.7 cm³/mol. The molecule has 0 aromatic carbocycles. The van der Waals surface area contributed by atoms with Gasteiger partial charge in [-0.15, -0.1) is 6.42 Å². The summed E-state index contributed by atoms with van der Waals surface area (Å²) in [7, 11) is 0. The van der Waals surface area contributed by atoms with E-state index in [1.807, 2.05) is 0 Å². The molecule has 1 fully saturated rings. The number of terminal acetylenes is 1. The van der Waals surface area contributed by atoms with E-state index in [0.717, 1.165) is 10.6 Å². The van der Waals surface area contributed by atoms with Crippen molar-refractivity contribution in [3.05, 3.63) is 33.1 Å². The zero-order valence-electron chi connectivity index (χ0n) is 10.6. The van der Waals surface area contributed by atoms with Crippen molar-refractivity contribution >= 4 is 0 Å². The molecule has 0 unspecified atom stereocenters. The normalized spacial score (nSPS) is 29.2. The Morgan fingerprint density at radius 3 is 2.95 bits per heavy atom. The van der Waals surface area contributed by atoms with Crippen molar-refractivity contribution in [2.45, 2.75) is 24.5 Å². The molecule has 1 aliphatic heterocycles. The van der Waals surface area contributed by atoms with Crippen molar-refractivity contribution < 1.29 is 14.9 Å². The van der Waals surface area contributed by atoms with Crippen LogP contribution in [0.1, 0.15) is 6.42 Å². The zero-order chi connectivity index (χ0) is 14.8. The number of ether oxygens (including phenoxy) is 1. The quantitative estimate of drug-likeness (QED) is 0.454. The van der Waals surface area contributed by atoms with Crippen LogP contribution in [-0.4, -0.2) is 45.1 Å². The molecule has 1 saturated heterocycles. The average Bonchev–Trinajstić information content (AvgIpc) is 2.73. The van der Waals surface area contributed by atoms with E-state index in [0.29, 0.717) is 0 Å². The number of nitrogens with zero attached hydrogens (tertiary/aromatic N) is 1. The van der Waals surface area contributed by atoms with Crippen molar-refractivity contribution in [3.63, 3.8) is 0 Å². The van der Waals surface area contributed by atoms with E-state index < -0.39 is 35.9 Å². The number of aliphatic hydroxyl groups is 2. The summed E-state index contributed by atoms with van der Waals surface area (Å²) in [5, 5.41) is 21.9. The highest BCUT2D eigenvalue weighted by Crippen LogP contribution is 2.31. The van der Waals surface area contributed by atoms with Crippen LogP contribution in [-0.2, 0) is 10.6 Å². The second-order valence-electron chi connectivity index (χ2n) is 4.43. The molecule has 0 spiro atoms. The van der Waals surface area contributed by atoms with Crippen LogP contribution in [0, 0.1) is 12.3 Å². The molecule has 3 atom stereocenters. The summed E-state index contributed by atoms with van der Waals surface area (Å²) < 4.78 is 6.66. The van der Waals surface area contributed by atoms with Gasteiger partial charge in [-0.05, 0) is 0 Å². The van der Waals surface area contributed by atoms with Gasteiger partial charge in [-0.3, -0.25) is 19.7 Å². The van der Waals surface area contributed by atoms with Crippen molar-refractivity contribution in [3.8, 4) is 12.3 Å². The summed E-state index contributed by atoms with van der Waals surface area (Å²) in [6.45, 7) is -0.324. The first-order valence-corrected chi connectivity index (χ1v) is 6.00. The van der Waals surface area contributed by atoms with Gasteiger partial charge in [0.2, 0.25) is 5.85 Å². The molecule has 0 amide bonds. The maximum Gasteiger partial charge on any atom is 0.331 e. The van der Waals surface area contributed by atoms with Crippen LogP contribution in [0.5, 0.6) is 0 Å². The molecule has 0 saturated carbocycles. The fraction of sp³-hybridized carbons (Fsp3) is 0.500. The number of aromatic nitrogens is 2. The third kappa shape index (κ3) is 2.52. The fourth-order valence-corrected chi connectivity index (χ4v) is 2.20. The lowest BCUT2D eigenvalue weighted by molar-refractivity contribution is -0.138. The van der Waals surface area contributed by atoms with Gasteiger partial charge in [-0.25, -0.2) is 4.79 Å². The highest BCUT2D eigenvalue weighted by Gasteiger charge is 2.47. The molecule has 20 heavy (non-hydrogen) atoms. The topological polar surface area (TPSA) is 117 Å². The average molecular weight is 281 g/mol. The van der Waals surface area contributed by atoms with E-state index in [9.17, 15) is 14.7 Å². The van der Waals surface area contributed by atoms with Crippen LogP contribution in [0.4, 0.5) is 0 Å². The Morgan fingerprint density at radius 2 is 2.40 bits per heavy atom. The molecule has 4 N–H and O–H groups in total. The van der Waals surface area contributed by atoms with E-state index in [1.165, 1.54) is 6.20 Å². The number of hydrogen-bond donors (Lipinski definition) is 4. The first-order valence-electron chi connectivity index (χ1n) is 6.00. The van der Waals surface area contributed by atoms with E-state index in [1.54, 1.807) is 0 Å². The van der Waals surface area contributed by atoms with Crippen LogP contribution in [0.2, 0.25) is 0 Å². The van der Waals surface area contributed by atoms with Crippen molar-refractivity contribution in [1.82, 2.24) is 14.9 Å². The van der Waals surface area contributed by atoms with Gasteiger partial charge in [0.15, 0.2) is 0 Å². The van der Waals surface area contributed by atoms with Crippen LogP contribution >= 0.6 is 0 Å². The number of aliphatic hydroxyl groups excluding tert-OH is 2. The van der Waals surface area contributed by atoms with E-state index in [4.69, 9.17) is 16.3 Å². The third-order valence-corrected chi connectivity index (χ3v) is 3.12. The second-order valence-corrected chi connectivity index (χ2v) is 4.43. The Kier molecular flexibility index (Phi) is 4.06. The Labute approximate surface area is 114 Å². The number of H-pyrrole nitrogens is 1. The van der Waals surface area contributed by atoms with Crippen LogP contribution in [0.15, 0.2) is 21.9 Å². The van der Waals surface area contributed by atoms with Crippen LogP contribution in [0.25, 0.3) is 0 Å². The minimum Gasteiger partial charge on any atom is -0.394 e. The number of rotatable bonds is 4.